The van der Waals surface area contributed by atoms with E-state index in [-0.39, 0.29) is 22.7 Å². The predicted molar refractivity (Wildman–Crippen MR) is 132 cm³/mol. The van der Waals surface area contributed by atoms with Gasteiger partial charge in [-0.3, -0.25) is 10.2 Å². The van der Waals surface area contributed by atoms with Gasteiger partial charge in [0.15, 0.2) is 0 Å². The molecule has 0 aliphatic rings. The molecule has 0 aliphatic heterocycles. The molecule has 4 N–H and O–H groups in total. The first kappa shape index (κ1) is 25.6. The summed E-state index contributed by atoms with van der Waals surface area (Å²) in [7, 11) is -5.56. The topological polar surface area (TPSA) is 131 Å². The van der Waals surface area contributed by atoms with Gasteiger partial charge in [0.1, 0.15) is 11.5 Å². The van der Waals surface area contributed by atoms with Gasteiger partial charge in [0.2, 0.25) is 0 Å². The number of nitrogens with zero attached hydrogens (tertiary/aromatic N) is 2. The van der Waals surface area contributed by atoms with Crippen molar-refractivity contribution in [3.8, 4) is 16.8 Å². The average Bonchev–Trinajstić information content (AvgIpc) is 3.26. The molecule has 0 aliphatic carbocycles. The third kappa shape index (κ3) is 5.09. The minimum atomic E-state index is -5.56. The predicted octanol–water partition coefficient (Wildman–Crippen LogP) is 4.68. The van der Waals surface area contributed by atoms with Crippen LogP contribution in [0.5, 0.6) is 0 Å². The highest BCUT2D eigenvalue weighted by molar-refractivity contribution is 7.92. The van der Waals surface area contributed by atoms with Crippen LogP contribution in [0, 0.1) is 12.3 Å². The van der Waals surface area contributed by atoms with E-state index in [4.69, 9.17) is 11.1 Å². The van der Waals surface area contributed by atoms with Gasteiger partial charge in [-0.1, -0.05) is 42.5 Å². The Balaban J connectivity index is 1.62. The normalized spacial score (nSPS) is 11.8. The molecule has 0 radical (unpaired) electrons. The summed E-state index contributed by atoms with van der Waals surface area (Å²) in [6.45, 7) is 1.71. The summed E-state index contributed by atoms with van der Waals surface area (Å²) in [5.41, 5.74) is 2.30. The van der Waals surface area contributed by atoms with Gasteiger partial charge in [-0.15, -0.1) is 0 Å². The molecule has 4 aromatic rings. The Hall–Kier alpha value is -4.45. The summed E-state index contributed by atoms with van der Waals surface area (Å²) in [5, 5.41) is 14.7. The number of rotatable bonds is 6. The zero-order valence-corrected chi connectivity index (χ0v) is 20.1. The van der Waals surface area contributed by atoms with E-state index in [0.717, 1.165) is 6.07 Å². The molecule has 0 saturated carbocycles. The van der Waals surface area contributed by atoms with Crippen LogP contribution in [0.25, 0.3) is 16.8 Å². The Kier molecular flexibility index (Phi) is 6.61. The molecule has 190 valence electrons. The number of sulfone groups is 1. The van der Waals surface area contributed by atoms with Crippen LogP contribution in [0.2, 0.25) is 0 Å². The number of benzene rings is 3. The van der Waals surface area contributed by atoms with Crippen LogP contribution in [-0.4, -0.2) is 35.4 Å². The van der Waals surface area contributed by atoms with E-state index in [2.05, 4.69) is 10.4 Å². The quantitative estimate of drug-likeness (QED) is 0.248. The SMILES string of the molecule is Cc1cc(C(=O)Nc2ccc(-c3ccccc3S(=O)(=O)C(F)(F)F)cc2)n(-c2cccc(C(=N)N)c2)n1. The molecular formula is C25H20F3N5O3S. The van der Waals surface area contributed by atoms with Crippen LogP contribution in [0.3, 0.4) is 0 Å². The monoisotopic (exact) mass is 527 g/mol. The highest BCUT2D eigenvalue weighted by atomic mass is 32.2. The fraction of sp³-hybridized carbons (Fsp3) is 0.0800. The number of aryl methyl sites for hydroxylation is 1. The fourth-order valence-electron chi connectivity index (χ4n) is 3.66. The van der Waals surface area contributed by atoms with Crippen molar-refractivity contribution in [2.24, 2.45) is 5.73 Å². The van der Waals surface area contributed by atoms with E-state index in [1.807, 2.05) is 0 Å². The number of hydrogen-bond acceptors (Lipinski definition) is 5. The second-order valence-electron chi connectivity index (χ2n) is 8.02. The number of amides is 1. The lowest BCUT2D eigenvalue weighted by atomic mass is 10.1. The summed E-state index contributed by atoms with van der Waals surface area (Å²) in [5.74, 6) is -0.650. The third-order valence-corrected chi connectivity index (χ3v) is 6.95. The minimum Gasteiger partial charge on any atom is -0.384 e. The second kappa shape index (κ2) is 9.54. The maximum Gasteiger partial charge on any atom is 0.501 e. The number of nitrogens with two attached hydrogens (primary N) is 1. The number of hydrogen-bond donors (Lipinski definition) is 3. The molecular weight excluding hydrogens is 507 g/mol. The van der Waals surface area contributed by atoms with E-state index in [1.165, 1.54) is 47.1 Å². The van der Waals surface area contributed by atoms with Crippen molar-refractivity contribution in [1.29, 1.82) is 5.41 Å². The van der Waals surface area contributed by atoms with Crippen LogP contribution in [0.15, 0.2) is 83.8 Å². The summed E-state index contributed by atoms with van der Waals surface area (Å²) in [6, 6.07) is 18.8. The van der Waals surface area contributed by atoms with Gasteiger partial charge in [-0.25, -0.2) is 13.1 Å². The van der Waals surface area contributed by atoms with E-state index in [1.54, 1.807) is 37.3 Å². The van der Waals surface area contributed by atoms with Crippen molar-refractivity contribution < 1.29 is 26.4 Å². The number of alkyl halides is 3. The van der Waals surface area contributed by atoms with Crippen molar-refractivity contribution in [2.75, 3.05) is 5.32 Å². The first-order valence-electron chi connectivity index (χ1n) is 10.7. The lowest BCUT2D eigenvalue weighted by molar-refractivity contribution is -0.0435. The molecule has 1 heterocycles. The van der Waals surface area contributed by atoms with Gasteiger partial charge in [0.25, 0.3) is 15.7 Å². The van der Waals surface area contributed by atoms with Gasteiger partial charge in [0, 0.05) is 16.8 Å². The molecule has 0 fully saturated rings. The number of nitrogen functional groups attached to an aromatic ring is 1. The Morgan fingerprint density at radius 2 is 1.68 bits per heavy atom. The molecule has 0 bridgehead atoms. The van der Waals surface area contributed by atoms with Gasteiger partial charge in [0.05, 0.1) is 16.3 Å². The van der Waals surface area contributed by atoms with Crippen molar-refractivity contribution in [2.45, 2.75) is 17.3 Å². The van der Waals surface area contributed by atoms with Crippen LogP contribution >= 0.6 is 0 Å². The number of amidine groups is 1. The van der Waals surface area contributed by atoms with E-state index in [0.29, 0.717) is 22.6 Å². The van der Waals surface area contributed by atoms with E-state index in [9.17, 15) is 26.4 Å². The number of anilines is 1. The first-order chi connectivity index (χ1) is 17.4. The van der Waals surface area contributed by atoms with Crippen LogP contribution in [0.4, 0.5) is 18.9 Å². The molecule has 4 rings (SSSR count). The van der Waals surface area contributed by atoms with E-state index >= 15 is 0 Å². The Bertz CT molecular complexity index is 1610. The summed E-state index contributed by atoms with van der Waals surface area (Å²) in [6.07, 6.45) is 0. The Morgan fingerprint density at radius 1 is 1.00 bits per heavy atom. The molecule has 0 saturated heterocycles. The zero-order valence-electron chi connectivity index (χ0n) is 19.2. The van der Waals surface area contributed by atoms with Gasteiger partial charge < -0.3 is 11.1 Å². The average molecular weight is 528 g/mol. The smallest absolute Gasteiger partial charge is 0.384 e. The van der Waals surface area contributed by atoms with Crippen molar-refractivity contribution >= 4 is 27.3 Å². The molecule has 12 heteroatoms. The molecule has 37 heavy (non-hydrogen) atoms. The van der Waals surface area contributed by atoms with Gasteiger partial charge in [-0.2, -0.15) is 18.3 Å². The van der Waals surface area contributed by atoms with Crippen molar-refractivity contribution in [3.63, 3.8) is 0 Å². The van der Waals surface area contributed by atoms with Crippen molar-refractivity contribution in [3.05, 3.63) is 95.8 Å². The van der Waals surface area contributed by atoms with Gasteiger partial charge in [-0.05, 0) is 48.9 Å². The third-order valence-electron chi connectivity index (χ3n) is 5.40. The zero-order chi connectivity index (χ0) is 27.0. The fourth-order valence-corrected chi connectivity index (χ4v) is 4.64. The molecule has 0 unspecified atom stereocenters. The standard InChI is InChI=1S/C25H20F3N5O3S/c1-15-13-21(33(32-15)19-6-4-5-17(14-19)23(29)30)24(34)31-18-11-9-16(10-12-18)20-7-2-3-8-22(20)37(35,36)25(26,27)28/h2-14H,1H3,(H3,29,30)(H,31,34). The number of aromatic nitrogens is 2. The Morgan fingerprint density at radius 3 is 2.32 bits per heavy atom. The maximum atomic E-state index is 13.1. The maximum absolute atomic E-state index is 13.1. The van der Waals surface area contributed by atoms with Crippen LogP contribution < -0.4 is 11.1 Å². The first-order valence-corrected chi connectivity index (χ1v) is 12.2. The lowest BCUT2D eigenvalue weighted by Crippen LogP contribution is -2.23. The number of carbonyl (C=O) groups excluding carboxylic acids is 1. The van der Waals surface area contributed by atoms with Crippen molar-refractivity contribution in [1.82, 2.24) is 9.78 Å². The number of halogens is 3. The summed E-state index contributed by atoms with van der Waals surface area (Å²) < 4.78 is 64.9. The van der Waals surface area contributed by atoms with E-state index < -0.39 is 26.1 Å². The molecule has 8 nitrogen and oxygen atoms in total. The number of nitrogens with one attached hydrogen (secondary N) is 2. The highest BCUT2D eigenvalue weighted by Crippen LogP contribution is 2.36. The van der Waals surface area contributed by atoms with Crippen LogP contribution in [-0.2, 0) is 9.84 Å². The summed E-state index contributed by atoms with van der Waals surface area (Å²) in [4.78, 5) is 12.2. The molecule has 0 atom stereocenters. The molecule has 0 spiro atoms. The molecule has 1 aromatic heterocycles. The van der Waals surface area contributed by atoms with Gasteiger partial charge >= 0.3 is 5.51 Å². The summed E-state index contributed by atoms with van der Waals surface area (Å²) >= 11 is 0. The largest absolute Gasteiger partial charge is 0.501 e. The molecule has 1 amide bonds. The highest BCUT2D eigenvalue weighted by Gasteiger charge is 2.47. The second-order valence-corrected chi connectivity index (χ2v) is 9.93. The number of carbonyl (C=O) groups is 1. The van der Waals surface area contributed by atoms with Crippen LogP contribution in [0.1, 0.15) is 21.7 Å². The Labute approximate surface area is 210 Å². The minimum absolute atomic E-state index is 0.114. The lowest BCUT2D eigenvalue weighted by Gasteiger charge is -2.13. The molecule has 3 aromatic carbocycles.